The van der Waals surface area contributed by atoms with E-state index in [1.807, 2.05) is 62.0 Å². The Morgan fingerprint density at radius 2 is 2.00 bits per heavy atom. The van der Waals surface area contributed by atoms with Gasteiger partial charge in [0.25, 0.3) is 0 Å². The lowest BCUT2D eigenvalue weighted by Gasteiger charge is -2.32. The SMILES string of the molecule is Cc1cc(/C=C/C#N)cc(C)c1Oc1nc(NC2CCN(Cc3cccc(C(N)=O)c3)CC2)nc2c1CSCC2. The lowest BCUT2D eigenvalue weighted by Crippen LogP contribution is -2.39. The van der Waals surface area contributed by atoms with E-state index in [2.05, 4.69) is 10.2 Å². The molecular formula is C31H34N6O2S. The van der Waals surface area contributed by atoms with E-state index in [0.29, 0.717) is 17.4 Å². The number of ether oxygens (including phenoxy) is 1. The molecule has 5 rings (SSSR count). The molecule has 40 heavy (non-hydrogen) atoms. The van der Waals surface area contributed by atoms with Gasteiger partial charge in [0.2, 0.25) is 17.7 Å². The van der Waals surface area contributed by atoms with Crippen LogP contribution in [0.1, 0.15) is 56.7 Å². The maximum absolute atomic E-state index is 11.5. The third-order valence-corrected chi connectivity index (χ3v) is 8.34. The molecule has 0 spiro atoms. The number of carbonyl (C=O) groups is 1. The summed E-state index contributed by atoms with van der Waals surface area (Å²) in [5, 5.41) is 12.5. The fourth-order valence-electron chi connectivity index (χ4n) is 5.32. The van der Waals surface area contributed by atoms with Crippen molar-refractivity contribution in [2.75, 3.05) is 24.2 Å². The third kappa shape index (κ3) is 6.64. The molecule has 9 heteroatoms. The minimum absolute atomic E-state index is 0.270. The van der Waals surface area contributed by atoms with E-state index in [1.54, 1.807) is 12.1 Å². The number of likely N-dealkylation sites (tertiary alicyclic amines) is 1. The van der Waals surface area contributed by atoms with Crippen molar-refractivity contribution < 1.29 is 9.53 Å². The minimum atomic E-state index is -0.396. The number of nitrogens with two attached hydrogens (primary N) is 1. The Balaban J connectivity index is 1.28. The van der Waals surface area contributed by atoms with Gasteiger partial charge >= 0.3 is 0 Å². The van der Waals surface area contributed by atoms with E-state index in [9.17, 15) is 4.79 Å². The number of nitrogens with one attached hydrogen (secondary N) is 1. The van der Waals surface area contributed by atoms with Gasteiger partial charge < -0.3 is 15.8 Å². The van der Waals surface area contributed by atoms with Crippen LogP contribution in [0.2, 0.25) is 0 Å². The number of hydrogen-bond donors (Lipinski definition) is 2. The first-order valence-corrected chi connectivity index (χ1v) is 14.8. The minimum Gasteiger partial charge on any atom is -0.438 e. The molecular weight excluding hydrogens is 520 g/mol. The molecule has 0 aliphatic carbocycles. The van der Waals surface area contributed by atoms with Gasteiger partial charge in [-0.05, 0) is 91.5 Å². The van der Waals surface area contributed by atoms with Gasteiger partial charge in [0.1, 0.15) is 5.75 Å². The summed E-state index contributed by atoms with van der Waals surface area (Å²) < 4.78 is 6.50. The number of fused-ring (bicyclic) bond motifs is 1. The number of aromatic nitrogens is 2. The summed E-state index contributed by atoms with van der Waals surface area (Å²) in [6, 6.07) is 13.9. The van der Waals surface area contributed by atoms with Crippen LogP contribution in [0.25, 0.3) is 6.08 Å². The molecule has 1 saturated heterocycles. The Kier molecular flexibility index (Phi) is 8.68. The van der Waals surface area contributed by atoms with Crippen LogP contribution >= 0.6 is 11.8 Å². The summed E-state index contributed by atoms with van der Waals surface area (Å²) in [5.74, 6) is 3.52. The van der Waals surface area contributed by atoms with Gasteiger partial charge in [0, 0.05) is 48.6 Å². The number of hydrogen-bond acceptors (Lipinski definition) is 8. The molecule has 0 atom stereocenters. The van der Waals surface area contributed by atoms with E-state index in [0.717, 1.165) is 89.7 Å². The van der Waals surface area contributed by atoms with Crippen molar-refractivity contribution in [1.29, 1.82) is 5.26 Å². The largest absolute Gasteiger partial charge is 0.438 e. The van der Waals surface area contributed by atoms with E-state index in [-0.39, 0.29) is 6.04 Å². The molecule has 0 bridgehead atoms. The van der Waals surface area contributed by atoms with Gasteiger partial charge in [-0.3, -0.25) is 9.69 Å². The van der Waals surface area contributed by atoms with Gasteiger partial charge in [-0.15, -0.1) is 0 Å². The van der Waals surface area contributed by atoms with Gasteiger partial charge in [0.05, 0.1) is 11.8 Å². The number of aryl methyl sites for hydroxylation is 3. The number of piperidine rings is 1. The maximum Gasteiger partial charge on any atom is 0.248 e. The normalized spacial score (nSPS) is 15.9. The number of nitrogens with zero attached hydrogens (tertiary/aromatic N) is 4. The van der Waals surface area contributed by atoms with Crippen molar-refractivity contribution in [2.45, 2.75) is 51.4 Å². The standard InChI is InChI=1S/C31H34N6O2S/c1-20-15-22(6-4-11-32)16-21(2)28(20)39-30-26-19-40-14-10-27(26)35-31(36-30)34-25-8-12-37(13-9-25)18-23-5-3-7-24(17-23)29(33)38/h3-7,15-17,25H,8-10,12-14,18-19H2,1-2H3,(H2,33,38)(H,34,35,36)/b6-4+. The van der Waals surface area contributed by atoms with E-state index in [4.69, 9.17) is 25.7 Å². The van der Waals surface area contributed by atoms with Crippen LogP contribution in [-0.4, -0.2) is 45.7 Å². The van der Waals surface area contributed by atoms with Crippen LogP contribution in [0.15, 0.2) is 42.5 Å². The number of anilines is 1. The summed E-state index contributed by atoms with van der Waals surface area (Å²) in [7, 11) is 0. The Bertz CT molecular complexity index is 1450. The molecule has 1 amide bonds. The first kappa shape index (κ1) is 27.7. The van der Waals surface area contributed by atoms with Gasteiger partial charge in [0.15, 0.2) is 0 Å². The number of thioether (sulfide) groups is 1. The van der Waals surface area contributed by atoms with Gasteiger partial charge in [-0.2, -0.15) is 22.0 Å². The van der Waals surface area contributed by atoms with Crippen molar-refractivity contribution in [2.24, 2.45) is 5.73 Å². The van der Waals surface area contributed by atoms with Crippen LogP contribution in [0.3, 0.4) is 0 Å². The zero-order valence-electron chi connectivity index (χ0n) is 22.9. The first-order chi connectivity index (χ1) is 19.4. The number of allylic oxidation sites excluding steroid dienone is 1. The Morgan fingerprint density at radius 3 is 2.73 bits per heavy atom. The summed E-state index contributed by atoms with van der Waals surface area (Å²) in [4.78, 5) is 23.7. The number of benzene rings is 2. The van der Waals surface area contributed by atoms with Crippen molar-refractivity contribution in [1.82, 2.24) is 14.9 Å². The highest BCUT2D eigenvalue weighted by molar-refractivity contribution is 7.98. The predicted molar refractivity (Wildman–Crippen MR) is 159 cm³/mol. The zero-order chi connectivity index (χ0) is 28.1. The Labute approximate surface area is 239 Å². The first-order valence-electron chi connectivity index (χ1n) is 13.6. The molecule has 3 heterocycles. The topological polar surface area (TPSA) is 117 Å². The molecule has 1 aromatic heterocycles. The fraction of sp³-hybridized carbons (Fsp3) is 0.355. The third-order valence-electron chi connectivity index (χ3n) is 7.35. The highest BCUT2D eigenvalue weighted by Crippen LogP contribution is 2.36. The van der Waals surface area contributed by atoms with E-state index in [1.165, 1.54) is 6.08 Å². The van der Waals surface area contributed by atoms with Crippen molar-refractivity contribution in [3.8, 4) is 17.7 Å². The van der Waals surface area contributed by atoms with Gasteiger partial charge in [-0.1, -0.05) is 12.1 Å². The molecule has 8 nitrogen and oxygen atoms in total. The molecule has 2 aromatic carbocycles. The van der Waals surface area contributed by atoms with E-state index >= 15 is 0 Å². The summed E-state index contributed by atoms with van der Waals surface area (Å²) in [5.41, 5.74) is 12.2. The average Bonchev–Trinajstić information content (AvgIpc) is 2.95. The maximum atomic E-state index is 11.5. The smallest absolute Gasteiger partial charge is 0.248 e. The van der Waals surface area contributed by atoms with Crippen LogP contribution in [0, 0.1) is 25.2 Å². The number of rotatable bonds is 8. The summed E-state index contributed by atoms with van der Waals surface area (Å²) in [6.07, 6.45) is 6.12. The predicted octanol–water partition coefficient (Wildman–Crippen LogP) is 5.39. The summed E-state index contributed by atoms with van der Waals surface area (Å²) in [6.45, 7) is 6.71. The summed E-state index contributed by atoms with van der Waals surface area (Å²) >= 11 is 1.88. The van der Waals surface area contributed by atoms with E-state index < -0.39 is 5.91 Å². The number of carbonyl (C=O) groups excluding carboxylic acids is 1. The highest BCUT2D eigenvalue weighted by Gasteiger charge is 2.24. The molecule has 206 valence electrons. The highest BCUT2D eigenvalue weighted by atomic mass is 32.2. The number of amides is 1. The molecule has 0 saturated carbocycles. The second kappa shape index (κ2) is 12.5. The van der Waals surface area contributed by atoms with Crippen LogP contribution in [0.4, 0.5) is 5.95 Å². The monoisotopic (exact) mass is 554 g/mol. The Hall–Kier alpha value is -3.87. The van der Waals surface area contributed by atoms with Crippen LogP contribution in [0.5, 0.6) is 11.6 Å². The van der Waals surface area contributed by atoms with Crippen LogP contribution < -0.4 is 15.8 Å². The van der Waals surface area contributed by atoms with Crippen molar-refractivity contribution >= 4 is 29.7 Å². The second-order valence-electron chi connectivity index (χ2n) is 10.4. The number of primary amides is 1. The van der Waals surface area contributed by atoms with Crippen molar-refractivity contribution in [3.63, 3.8) is 0 Å². The molecule has 1 fully saturated rings. The molecule has 0 radical (unpaired) electrons. The van der Waals surface area contributed by atoms with Gasteiger partial charge in [-0.25, -0.2) is 4.98 Å². The molecule has 2 aliphatic heterocycles. The lowest BCUT2D eigenvalue weighted by molar-refractivity contribution is 0.1000. The molecule has 0 unspecified atom stereocenters. The average molecular weight is 555 g/mol. The number of nitriles is 1. The second-order valence-corrected chi connectivity index (χ2v) is 11.5. The zero-order valence-corrected chi connectivity index (χ0v) is 23.8. The van der Waals surface area contributed by atoms with Crippen molar-refractivity contribution in [3.05, 3.63) is 81.5 Å². The van der Waals surface area contributed by atoms with Crippen LogP contribution in [-0.2, 0) is 18.7 Å². The Morgan fingerprint density at radius 1 is 1.23 bits per heavy atom. The lowest BCUT2D eigenvalue weighted by atomic mass is 10.0. The fourth-order valence-corrected chi connectivity index (χ4v) is 6.30. The molecule has 3 aromatic rings. The molecule has 3 N–H and O–H groups in total. The quantitative estimate of drug-likeness (QED) is 0.356. The molecule has 2 aliphatic rings.